The molecule has 2 unspecified atom stereocenters. The van der Waals surface area contributed by atoms with Crippen LogP contribution in [-0.2, 0) is 11.2 Å². The summed E-state index contributed by atoms with van der Waals surface area (Å²) in [6.07, 6.45) is 6.63. The van der Waals surface area contributed by atoms with Crippen LogP contribution in [0.15, 0.2) is 42.9 Å². The molecule has 1 fully saturated rings. The first-order chi connectivity index (χ1) is 12.7. The highest BCUT2D eigenvalue weighted by molar-refractivity contribution is 6.29. The number of rotatable bonds is 4. The molecule has 0 spiro atoms. The third-order valence-electron chi connectivity index (χ3n) is 4.94. The summed E-state index contributed by atoms with van der Waals surface area (Å²) in [7, 11) is 0. The summed E-state index contributed by atoms with van der Waals surface area (Å²) < 4.78 is 1.76. The average Bonchev–Trinajstić information content (AvgIpc) is 3.18. The van der Waals surface area contributed by atoms with Gasteiger partial charge >= 0.3 is 11.7 Å². The number of nitrogens with one attached hydrogen (secondary N) is 1. The molecule has 3 aromatic rings. The number of carbonyl (C=O) groups is 1. The van der Waals surface area contributed by atoms with Crippen LogP contribution in [0, 0.1) is 11.8 Å². The minimum absolute atomic E-state index is 0.0595. The lowest BCUT2D eigenvalue weighted by molar-refractivity contribution is -0.368. The Kier molecular flexibility index (Phi) is 3.43. The predicted octanol–water partition coefficient (Wildman–Crippen LogP) is 2.42. The minimum Gasteiger partial charge on any atom is -0.246 e. The van der Waals surface area contributed by atoms with Gasteiger partial charge in [0.1, 0.15) is 5.15 Å². The summed E-state index contributed by atoms with van der Waals surface area (Å²) in [5.41, 5.74) is 3.86. The van der Waals surface area contributed by atoms with E-state index in [1.54, 1.807) is 29.2 Å². The molecular formula is C18H14ClN6O+. The first-order valence-electron chi connectivity index (χ1n) is 8.33. The Morgan fingerprint density at radius 2 is 2.15 bits per heavy atom. The quantitative estimate of drug-likeness (QED) is 0.566. The Labute approximate surface area is 153 Å². The molecule has 2 atom stereocenters. The van der Waals surface area contributed by atoms with Crippen molar-refractivity contribution in [3.05, 3.63) is 53.6 Å². The van der Waals surface area contributed by atoms with Crippen molar-refractivity contribution in [3.63, 3.8) is 0 Å². The van der Waals surface area contributed by atoms with E-state index in [1.807, 2.05) is 18.2 Å². The molecule has 4 heterocycles. The molecule has 0 radical (unpaired) electrons. The van der Waals surface area contributed by atoms with Crippen LogP contribution < -0.4 is 0 Å². The Morgan fingerprint density at radius 3 is 2.92 bits per heavy atom. The Bertz CT molecular complexity index is 1030. The Hall–Kier alpha value is -2.93. The number of fused-ring (bicyclic) bond motifs is 1. The number of nitrogens with zero attached hydrogens (tertiary/aromatic N) is 5. The number of H-pyrrole nitrogens is 1. The van der Waals surface area contributed by atoms with Gasteiger partial charge in [-0.05, 0) is 24.1 Å². The molecule has 128 valence electrons. The molecule has 3 aromatic heterocycles. The average molecular weight is 366 g/mol. The number of aromatic amines is 1. The fourth-order valence-corrected chi connectivity index (χ4v) is 3.68. The van der Waals surface area contributed by atoms with Gasteiger partial charge in [0.25, 0.3) is 0 Å². The first kappa shape index (κ1) is 15.3. The zero-order valence-electron chi connectivity index (χ0n) is 13.6. The lowest BCUT2D eigenvalue weighted by atomic mass is 9.96. The van der Waals surface area contributed by atoms with E-state index in [0.717, 1.165) is 29.0 Å². The van der Waals surface area contributed by atoms with E-state index in [0.29, 0.717) is 23.3 Å². The maximum Gasteiger partial charge on any atom is 0.357 e. The van der Waals surface area contributed by atoms with Crippen LogP contribution in [0.25, 0.3) is 11.3 Å². The van der Waals surface area contributed by atoms with Crippen molar-refractivity contribution in [2.24, 2.45) is 11.8 Å². The maximum atomic E-state index is 12.9. The van der Waals surface area contributed by atoms with Gasteiger partial charge in [0.2, 0.25) is 0 Å². The van der Waals surface area contributed by atoms with Crippen molar-refractivity contribution in [2.45, 2.75) is 12.8 Å². The summed E-state index contributed by atoms with van der Waals surface area (Å²) in [6, 6.07) is 7.41. The molecule has 26 heavy (non-hydrogen) atoms. The SMILES string of the molecule is O=C1C(Cc2ccc(Cl)nc2)C2CC2=[N+]1c1cc(-c2ccnnc2)[nH]n1. The fraction of sp³-hybridized carbons (Fsp3) is 0.222. The van der Waals surface area contributed by atoms with Crippen molar-refractivity contribution >= 4 is 29.0 Å². The highest BCUT2D eigenvalue weighted by atomic mass is 35.5. The molecular weight excluding hydrogens is 352 g/mol. The maximum absolute atomic E-state index is 12.9. The second-order valence-corrected chi connectivity index (χ2v) is 6.93. The van der Waals surface area contributed by atoms with E-state index < -0.39 is 0 Å². The van der Waals surface area contributed by atoms with Gasteiger partial charge in [0.15, 0.2) is 0 Å². The predicted molar refractivity (Wildman–Crippen MR) is 94.1 cm³/mol. The topological polar surface area (TPSA) is 87.4 Å². The summed E-state index contributed by atoms with van der Waals surface area (Å²) in [5, 5.41) is 15.4. The van der Waals surface area contributed by atoms with Crippen LogP contribution in [0.1, 0.15) is 12.0 Å². The van der Waals surface area contributed by atoms with Gasteiger partial charge in [0.05, 0.1) is 40.9 Å². The number of hydrogen-bond acceptors (Lipinski definition) is 5. The highest BCUT2D eigenvalue weighted by Crippen LogP contribution is 2.44. The standard InChI is InChI=1S/C18H14ClN6O/c19-16-2-1-10(8-20-16)5-13-12-6-15(12)25(18(13)26)17-7-14(23-24-17)11-3-4-21-22-9-11/h1-4,7-9,12-13H,5-6H2,(H,23,24)/q+1. The molecule has 0 saturated heterocycles. The van der Waals surface area contributed by atoms with Gasteiger partial charge in [0, 0.05) is 24.1 Å². The number of amides is 1. The van der Waals surface area contributed by atoms with Crippen LogP contribution in [0.5, 0.6) is 0 Å². The molecule has 1 amide bonds. The van der Waals surface area contributed by atoms with E-state index in [4.69, 9.17) is 11.6 Å². The lowest BCUT2D eigenvalue weighted by Gasteiger charge is -2.08. The van der Waals surface area contributed by atoms with Gasteiger partial charge in [-0.15, -0.1) is 0 Å². The molecule has 8 heteroatoms. The van der Waals surface area contributed by atoms with Gasteiger partial charge in [-0.2, -0.15) is 19.9 Å². The number of halogens is 1. The normalized spacial score (nSPS) is 21.2. The van der Waals surface area contributed by atoms with E-state index in [2.05, 4.69) is 25.4 Å². The second-order valence-electron chi connectivity index (χ2n) is 6.55. The fourth-order valence-electron chi connectivity index (χ4n) is 3.57. The smallest absolute Gasteiger partial charge is 0.246 e. The van der Waals surface area contributed by atoms with Crippen LogP contribution in [0.4, 0.5) is 5.82 Å². The molecule has 5 rings (SSSR count). The van der Waals surface area contributed by atoms with E-state index in [1.165, 1.54) is 0 Å². The summed E-state index contributed by atoms with van der Waals surface area (Å²) in [5.74, 6) is 0.977. The van der Waals surface area contributed by atoms with Gasteiger partial charge in [-0.3, -0.25) is 0 Å². The van der Waals surface area contributed by atoms with Crippen molar-refractivity contribution in [1.29, 1.82) is 0 Å². The first-order valence-corrected chi connectivity index (χ1v) is 8.71. The molecule has 0 bridgehead atoms. The third-order valence-corrected chi connectivity index (χ3v) is 5.16. The second kappa shape index (κ2) is 5.81. The van der Waals surface area contributed by atoms with Crippen molar-refractivity contribution in [3.8, 4) is 11.3 Å². The molecule has 7 nitrogen and oxygen atoms in total. The minimum atomic E-state index is -0.0595. The van der Waals surface area contributed by atoms with Crippen LogP contribution >= 0.6 is 11.6 Å². The molecule has 1 saturated carbocycles. The third kappa shape index (κ3) is 2.52. The molecule has 1 aliphatic carbocycles. The highest BCUT2D eigenvalue weighted by Gasteiger charge is 2.57. The van der Waals surface area contributed by atoms with Crippen molar-refractivity contribution < 1.29 is 9.37 Å². The van der Waals surface area contributed by atoms with Crippen molar-refractivity contribution in [2.75, 3.05) is 0 Å². The lowest BCUT2D eigenvalue weighted by Crippen LogP contribution is -2.23. The van der Waals surface area contributed by atoms with Crippen molar-refractivity contribution in [1.82, 2.24) is 25.4 Å². The molecule has 2 aliphatic rings. The van der Waals surface area contributed by atoms with Crippen LogP contribution in [0.2, 0.25) is 5.15 Å². The number of pyridine rings is 1. The van der Waals surface area contributed by atoms with E-state index in [-0.39, 0.29) is 11.8 Å². The summed E-state index contributed by atoms with van der Waals surface area (Å²) in [6.45, 7) is 0. The number of aromatic nitrogens is 5. The van der Waals surface area contributed by atoms with Crippen LogP contribution in [-0.4, -0.2) is 41.6 Å². The van der Waals surface area contributed by atoms with Gasteiger partial charge < -0.3 is 0 Å². The molecule has 1 N–H and O–H groups in total. The van der Waals surface area contributed by atoms with Gasteiger partial charge in [-0.25, -0.2) is 9.78 Å². The van der Waals surface area contributed by atoms with E-state index >= 15 is 0 Å². The summed E-state index contributed by atoms with van der Waals surface area (Å²) in [4.78, 5) is 17.1. The number of carbonyl (C=O) groups excluding carboxylic acids is 1. The number of hydrogen-bond donors (Lipinski definition) is 1. The molecule has 1 aliphatic heterocycles. The van der Waals surface area contributed by atoms with Crippen LogP contribution in [0.3, 0.4) is 0 Å². The monoisotopic (exact) mass is 365 g/mol. The summed E-state index contributed by atoms with van der Waals surface area (Å²) >= 11 is 5.84. The largest absolute Gasteiger partial charge is 0.357 e. The van der Waals surface area contributed by atoms with Gasteiger partial charge in [-0.1, -0.05) is 17.7 Å². The van der Waals surface area contributed by atoms with E-state index in [9.17, 15) is 4.79 Å². The zero-order chi connectivity index (χ0) is 17.7. The Morgan fingerprint density at radius 1 is 1.23 bits per heavy atom. The Balaban J connectivity index is 1.40. The zero-order valence-corrected chi connectivity index (χ0v) is 14.4. The molecule has 0 aromatic carbocycles.